The van der Waals surface area contributed by atoms with Gasteiger partial charge in [-0.1, -0.05) is 52.0 Å². The van der Waals surface area contributed by atoms with E-state index in [4.69, 9.17) is 5.53 Å². The van der Waals surface area contributed by atoms with Crippen molar-refractivity contribution in [2.24, 2.45) is 5.11 Å². The molecule has 1 aromatic rings. The molecule has 1 aromatic carbocycles. The first-order valence-electron chi connectivity index (χ1n) is 4.59. The fourth-order valence-corrected chi connectivity index (χ4v) is 2.73. The quantitative estimate of drug-likeness (QED) is 0.249. The van der Waals surface area contributed by atoms with Crippen molar-refractivity contribution in [3.05, 3.63) is 45.8 Å². The first-order valence-corrected chi connectivity index (χ1v) is 5.83. The molecule has 0 amide bonds. The summed E-state index contributed by atoms with van der Waals surface area (Å²) in [5.41, 5.74) is 11.1. The van der Waals surface area contributed by atoms with Gasteiger partial charge < -0.3 is 0 Å². The van der Waals surface area contributed by atoms with Crippen molar-refractivity contribution in [2.75, 3.05) is 0 Å². The van der Waals surface area contributed by atoms with Crippen LogP contribution in [-0.4, -0.2) is 3.92 Å². The largest absolute Gasteiger partial charge is 0.0848 e. The summed E-state index contributed by atoms with van der Waals surface area (Å²) in [5, 5.41) is 3.88. The average molecular weight is 299 g/mol. The van der Waals surface area contributed by atoms with Crippen LogP contribution in [0.5, 0.6) is 0 Å². The number of azide groups is 1. The van der Waals surface area contributed by atoms with E-state index in [0.29, 0.717) is 3.92 Å². The Morgan fingerprint density at radius 2 is 2.21 bits per heavy atom. The summed E-state index contributed by atoms with van der Waals surface area (Å²) >= 11 is 2.37. The van der Waals surface area contributed by atoms with Crippen LogP contribution in [0.25, 0.3) is 10.4 Å². The lowest BCUT2D eigenvalue weighted by Gasteiger charge is -2.26. The van der Waals surface area contributed by atoms with Crippen molar-refractivity contribution in [1.82, 2.24) is 0 Å². The molecule has 1 aliphatic rings. The number of alkyl halides is 1. The summed E-state index contributed by atoms with van der Waals surface area (Å²) in [6, 6.07) is 8.26. The molecule has 72 valence electrons. The fraction of sp³-hybridized carbons (Fsp3) is 0.400. The molecule has 0 aliphatic heterocycles. The summed E-state index contributed by atoms with van der Waals surface area (Å²) in [6.07, 6.45) is 2.20. The van der Waals surface area contributed by atoms with Crippen LogP contribution in [-0.2, 0) is 6.42 Å². The molecule has 0 N–H and O–H groups in total. The molecule has 4 heteroatoms. The van der Waals surface area contributed by atoms with Gasteiger partial charge in [0.2, 0.25) is 0 Å². The minimum atomic E-state index is 0.0190. The van der Waals surface area contributed by atoms with Gasteiger partial charge in [0.1, 0.15) is 0 Å². The molecule has 0 spiro atoms. The van der Waals surface area contributed by atoms with Crippen molar-refractivity contribution in [3.8, 4) is 0 Å². The molecule has 2 atom stereocenters. The zero-order chi connectivity index (χ0) is 9.97. The second-order valence-electron chi connectivity index (χ2n) is 3.40. The first-order chi connectivity index (χ1) is 6.83. The van der Waals surface area contributed by atoms with E-state index in [1.54, 1.807) is 0 Å². The highest BCUT2D eigenvalue weighted by molar-refractivity contribution is 14.1. The van der Waals surface area contributed by atoms with Gasteiger partial charge in [0.15, 0.2) is 0 Å². The zero-order valence-corrected chi connectivity index (χ0v) is 9.76. The van der Waals surface area contributed by atoms with Crippen molar-refractivity contribution in [3.63, 3.8) is 0 Å². The minimum absolute atomic E-state index is 0.0190. The molecule has 0 saturated heterocycles. The van der Waals surface area contributed by atoms with E-state index in [-0.39, 0.29) is 6.04 Å². The van der Waals surface area contributed by atoms with Crippen molar-refractivity contribution >= 4 is 22.6 Å². The summed E-state index contributed by atoms with van der Waals surface area (Å²) in [7, 11) is 0. The van der Waals surface area contributed by atoms with Crippen LogP contribution < -0.4 is 0 Å². The van der Waals surface area contributed by atoms with Gasteiger partial charge in [-0.2, -0.15) is 0 Å². The van der Waals surface area contributed by atoms with Gasteiger partial charge >= 0.3 is 0 Å². The predicted octanol–water partition coefficient (Wildman–Crippen LogP) is 3.79. The predicted molar refractivity (Wildman–Crippen MR) is 64.5 cm³/mol. The third kappa shape index (κ3) is 1.72. The van der Waals surface area contributed by atoms with Crippen molar-refractivity contribution < 1.29 is 0 Å². The minimum Gasteiger partial charge on any atom is -0.0848 e. The molecule has 2 rings (SSSR count). The van der Waals surface area contributed by atoms with Crippen LogP contribution in [0.15, 0.2) is 29.4 Å². The number of rotatable bonds is 1. The molecule has 14 heavy (non-hydrogen) atoms. The van der Waals surface area contributed by atoms with Crippen LogP contribution in [0.2, 0.25) is 0 Å². The van der Waals surface area contributed by atoms with Gasteiger partial charge in [0, 0.05) is 8.84 Å². The van der Waals surface area contributed by atoms with Gasteiger partial charge in [-0.25, -0.2) is 0 Å². The average Bonchev–Trinajstić information content (AvgIpc) is 2.23. The maximum absolute atomic E-state index is 8.52. The van der Waals surface area contributed by atoms with E-state index in [9.17, 15) is 0 Å². The normalized spacial score (nSPS) is 24.9. The Balaban J connectivity index is 2.45. The van der Waals surface area contributed by atoms with Crippen molar-refractivity contribution in [1.29, 1.82) is 0 Å². The lowest BCUT2D eigenvalue weighted by molar-refractivity contribution is 0.602. The molecule has 0 fully saturated rings. The summed E-state index contributed by atoms with van der Waals surface area (Å²) in [4.78, 5) is 2.93. The third-order valence-electron chi connectivity index (χ3n) is 2.58. The fourth-order valence-electron chi connectivity index (χ4n) is 1.89. The number of hydrogen-bond acceptors (Lipinski definition) is 1. The first kappa shape index (κ1) is 9.80. The van der Waals surface area contributed by atoms with Gasteiger partial charge in [-0.3, -0.25) is 0 Å². The number of hydrogen-bond donors (Lipinski definition) is 0. The number of benzene rings is 1. The Hall–Kier alpha value is -0.740. The highest BCUT2D eigenvalue weighted by Crippen LogP contribution is 2.37. The Labute approximate surface area is 96.3 Å². The van der Waals surface area contributed by atoms with Crippen LogP contribution in [0.4, 0.5) is 0 Å². The Morgan fingerprint density at radius 1 is 1.43 bits per heavy atom. The van der Waals surface area contributed by atoms with E-state index in [1.165, 1.54) is 11.1 Å². The summed E-state index contributed by atoms with van der Waals surface area (Å²) in [5.74, 6) is 0. The van der Waals surface area contributed by atoms with Crippen molar-refractivity contribution in [2.45, 2.75) is 22.8 Å². The second kappa shape index (κ2) is 4.19. The molecule has 0 saturated carbocycles. The lowest BCUT2D eigenvalue weighted by atomic mass is 9.88. The number of halogens is 1. The van der Waals surface area contributed by atoms with Crippen LogP contribution >= 0.6 is 22.6 Å². The zero-order valence-electron chi connectivity index (χ0n) is 7.60. The topological polar surface area (TPSA) is 48.8 Å². The maximum Gasteiger partial charge on any atom is 0.0745 e. The molecule has 3 nitrogen and oxygen atoms in total. The van der Waals surface area contributed by atoms with Gasteiger partial charge in [-0.15, -0.1) is 0 Å². The number of nitrogens with zero attached hydrogens (tertiary/aromatic N) is 3. The number of aryl methyl sites for hydroxylation is 1. The Kier molecular flexibility index (Phi) is 2.93. The maximum atomic E-state index is 8.52. The molecule has 0 heterocycles. The van der Waals surface area contributed by atoms with E-state index < -0.39 is 0 Å². The second-order valence-corrected chi connectivity index (χ2v) is 5.00. The third-order valence-corrected chi connectivity index (χ3v) is 3.89. The molecule has 1 aliphatic carbocycles. The molecule has 0 bridgehead atoms. The summed E-state index contributed by atoms with van der Waals surface area (Å²) in [6.45, 7) is 0. The molecule has 0 radical (unpaired) electrons. The smallest absolute Gasteiger partial charge is 0.0745 e. The van der Waals surface area contributed by atoms with E-state index in [1.807, 2.05) is 12.1 Å². The summed E-state index contributed by atoms with van der Waals surface area (Å²) < 4.78 is 0.429. The molecule has 2 unspecified atom stereocenters. The molecule has 0 aromatic heterocycles. The highest BCUT2D eigenvalue weighted by Gasteiger charge is 2.26. The SMILES string of the molecule is [N-]=[N+]=NC1c2ccccc2CCC1I. The number of fused-ring (bicyclic) bond motifs is 1. The van der Waals surface area contributed by atoms with E-state index in [2.05, 4.69) is 44.7 Å². The Bertz CT molecular complexity index is 385. The monoisotopic (exact) mass is 299 g/mol. The van der Waals surface area contributed by atoms with Gasteiger partial charge in [0.25, 0.3) is 0 Å². The standard InChI is InChI=1S/C10H10IN3/c11-9-6-5-7-3-1-2-4-8(7)10(9)13-14-12/h1-4,9-10H,5-6H2. The van der Waals surface area contributed by atoms with Crippen LogP contribution in [0, 0.1) is 0 Å². The highest BCUT2D eigenvalue weighted by atomic mass is 127. The lowest BCUT2D eigenvalue weighted by Crippen LogP contribution is -2.18. The van der Waals surface area contributed by atoms with E-state index >= 15 is 0 Å². The van der Waals surface area contributed by atoms with Crippen LogP contribution in [0.3, 0.4) is 0 Å². The molecular weight excluding hydrogens is 289 g/mol. The Morgan fingerprint density at radius 3 is 3.00 bits per heavy atom. The van der Waals surface area contributed by atoms with Gasteiger partial charge in [-0.05, 0) is 29.5 Å². The van der Waals surface area contributed by atoms with Gasteiger partial charge in [0.05, 0.1) is 6.04 Å². The molecular formula is C10H10IN3. The van der Waals surface area contributed by atoms with Crippen LogP contribution in [0.1, 0.15) is 23.6 Å². The van der Waals surface area contributed by atoms with E-state index in [0.717, 1.165) is 12.8 Å².